The van der Waals surface area contributed by atoms with E-state index in [2.05, 4.69) is 46.8 Å². The summed E-state index contributed by atoms with van der Waals surface area (Å²) in [5.41, 5.74) is 3.15. The molecule has 0 bridgehead atoms. The van der Waals surface area contributed by atoms with Crippen LogP contribution in [0.4, 0.5) is 4.79 Å². The van der Waals surface area contributed by atoms with Gasteiger partial charge in [-0.15, -0.1) is 0 Å². The van der Waals surface area contributed by atoms with E-state index in [0.29, 0.717) is 6.61 Å². The highest BCUT2D eigenvalue weighted by molar-refractivity contribution is 7.99. The molecule has 3 aromatic rings. The Balaban J connectivity index is 1.43. The fraction of sp³-hybridized carbons (Fsp3) is 0.174. The van der Waals surface area contributed by atoms with E-state index in [1.54, 1.807) is 18.5 Å². The predicted octanol–water partition coefficient (Wildman–Crippen LogP) is 4.25. The second-order valence-electron chi connectivity index (χ2n) is 6.84. The van der Waals surface area contributed by atoms with Crippen molar-refractivity contribution in [3.05, 3.63) is 83.7 Å². The molecule has 0 radical (unpaired) electrons. The van der Waals surface area contributed by atoms with Crippen molar-refractivity contribution in [2.75, 3.05) is 0 Å². The number of nitrogens with one attached hydrogen (secondary N) is 2. The Labute approximate surface area is 179 Å². The highest BCUT2D eigenvalue weighted by atomic mass is 32.2. The van der Waals surface area contributed by atoms with Gasteiger partial charge in [0.1, 0.15) is 18.4 Å². The summed E-state index contributed by atoms with van der Waals surface area (Å²) in [6, 6.07) is 16.7. The van der Waals surface area contributed by atoms with Gasteiger partial charge in [0.05, 0.1) is 0 Å². The highest BCUT2D eigenvalue weighted by Gasteiger charge is 2.32. The molecule has 0 aliphatic carbocycles. The first-order chi connectivity index (χ1) is 14.6. The first-order valence-corrected chi connectivity index (χ1v) is 10.5. The molecule has 2 N–H and O–H groups in total. The van der Waals surface area contributed by atoms with Gasteiger partial charge in [0, 0.05) is 27.7 Å². The average molecular weight is 420 g/mol. The largest absolute Gasteiger partial charge is 0.489 e. The van der Waals surface area contributed by atoms with E-state index >= 15 is 0 Å². The fourth-order valence-electron chi connectivity index (χ4n) is 3.19. The zero-order valence-corrected chi connectivity index (χ0v) is 17.2. The van der Waals surface area contributed by atoms with Crippen molar-refractivity contribution in [2.24, 2.45) is 0 Å². The van der Waals surface area contributed by atoms with Gasteiger partial charge in [-0.1, -0.05) is 43.0 Å². The highest BCUT2D eigenvalue weighted by Crippen LogP contribution is 2.34. The summed E-state index contributed by atoms with van der Waals surface area (Å²) in [7, 11) is 0. The Morgan fingerprint density at radius 1 is 1.07 bits per heavy atom. The Kier molecular flexibility index (Phi) is 5.99. The van der Waals surface area contributed by atoms with E-state index in [-0.39, 0.29) is 5.91 Å². The minimum absolute atomic E-state index is 0.357. The van der Waals surface area contributed by atoms with Crippen LogP contribution in [0, 0.1) is 0 Å². The maximum Gasteiger partial charge on any atom is 0.322 e. The standard InChI is InChI=1S/C23H21N3O3S/c1-2-15-4-3-5-16(12-15)14-29-17-6-8-18(9-7-17)30-20-13-24-11-10-19(20)21-22(27)26-23(28)25-21/h3-13,21H,2,14H2,1H3,(H2,25,26,27,28). The molecule has 2 aromatic carbocycles. The van der Waals surface area contributed by atoms with Crippen molar-refractivity contribution >= 4 is 23.7 Å². The lowest BCUT2D eigenvalue weighted by Gasteiger charge is -2.13. The van der Waals surface area contributed by atoms with Gasteiger partial charge in [-0.05, 0) is 47.9 Å². The van der Waals surface area contributed by atoms with Crippen LogP contribution in [-0.2, 0) is 17.8 Å². The van der Waals surface area contributed by atoms with E-state index in [1.165, 1.54) is 17.3 Å². The third-order valence-corrected chi connectivity index (χ3v) is 5.83. The molecular formula is C23H21N3O3S. The molecule has 152 valence electrons. The van der Waals surface area contributed by atoms with Crippen LogP contribution in [0.15, 0.2) is 76.8 Å². The van der Waals surface area contributed by atoms with Gasteiger partial charge in [0.25, 0.3) is 5.91 Å². The van der Waals surface area contributed by atoms with E-state index in [1.807, 2.05) is 24.3 Å². The number of carbonyl (C=O) groups excluding carboxylic acids is 2. The summed E-state index contributed by atoms with van der Waals surface area (Å²) in [5.74, 6) is 0.430. The van der Waals surface area contributed by atoms with Crippen molar-refractivity contribution in [3.63, 3.8) is 0 Å². The average Bonchev–Trinajstić information content (AvgIpc) is 3.11. The van der Waals surface area contributed by atoms with Gasteiger partial charge >= 0.3 is 6.03 Å². The van der Waals surface area contributed by atoms with Crippen LogP contribution in [0.5, 0.6) is 5.75 Å². The molecule has 1 aromatic heterocycles. The topological polar surface area (TPSA) is 80.3 Å². The van der Waals surface area contributed by atoms with Crippen LogP contribution in [-0.4, -0.2) is 16.9 Å². The molecule has 4 rings (SSSR count). The van der Waals surface area contributed by atoms with Crippen LogP contribution in [0.3, 0.4) is 0 Å². The maximum absolute atomic E-state index is 12.0. The van der Waals surface area contributed by atoms with Crippen LogP contribution < -0.4 is 15.4 Å². The van der Waals surface area contributed by atoms with Gasteiger partial charge in [0.2, 0.25) is 0 Å². The van der Waals surface area contributed by atoms with E-state index in [0.717, 1.165) is 33.1 Å². The molecule has 1 fully saturated rings. The number of benzene rings is 2. The quantitative estimate of drug-likeness (QED) is 0.560. The molecule has 0 saturated carbocycles. The molecule has 1 unspecified atom stereocenters. The van der Waals surface area contributed by atoms with Crippen LogP contribution in [0.1, 0.15) is 29.7 Å². The number of urea groups is 1. The third-order valence-electron chi connectivity index (χ3n) is 4.76. The predicted molar refractivity (Wildman–Crippen MR) is 114 cm³/mol. The summed E-state index contributed by atoms with van der Waals surface area (Å²) >= 11 is 1.48. The number of imide groups is 1. The lowest BCUT2D eigenvalue weighted by molar-refractivity contribution is -0.120. The number of amides is 3. The number of ether oxygens (including phenoxy) is 1. The van der Waals surface area contributed by atoms with Crippen molar-refractivity contribution < 1.29 is 14.3 Å². The first kappa shape index (κ1) is 20.0. The van der Waals surface area contributed by atoms with Crippen molar-refractivity contribution in [2.45, 2.75) is 35.8 Å². The van der Waals surface area contributed by atoms with Crippen LogP contribution >= 0.6 is 11.8 Å². The summed E-state index contributed by atoms with van der Waals surface area (Å²) in [6.45, 7) is 2.65. The summed E-state index contributed by atoms with van der Waals surface area (Å²) in [6.07, 6.45) is 4.31. The van der Waals surface area contributed by atoms with Crippen molar-refractivity contribution in [1.29, 1.82) is 0 Å². The molecule has 1 saturated heterocycles. The number of aryl methyl sites for hydroxylation is 1. The second kappa shape index (κ2) is 9.00. The summed E-state index contributed by atoms with van der Waals surface area (Å²) in [4.78, 5) is 29.4. The van der Waals surface area contributed by atoms with Gasteiger partial charge in [-0.3, -0.25) is 15.1 Å². The normalized spacial score (nSPS) is 15.6. The number of nitrogens with zero attached hydrogens (tertiary/aromatic N) is 1. The molecule has 1 aliphatic heterocycles. The van der Waals surface area contributed by atoms with E-state index in [4.69, 9.17) is 4.74 Å². The second-order valence-corrected chi connectivity index (χ2v) is 7.96. The molecule has 0 spiro atoms. The number of hydrogen-bond donors (Lipinski definition) is 2. The third kappa shape index (κ3) is 4.63. The molecule has 2 heterocycles. The fourth-order valence-corrected chi connectivity index (χ4v) is 4.13. The SMILES string of the molecule is CCc1cccc(COc2ccc(Sc3cnccc3C3NC(=O)NC3=O)cc2)c1. The number of pyridine rings is 1. The molecule has 1 aliphatic rings. The molecule has 30 heavy (non-hydrogen) atoms. The van der Waals surface area contributed by atoms with Crippen LogP contribution in [0.2, 0.25) is 0 Å². The number of hydrogen-bond acceptors (Lipinski definition) is 5. The monoisotopic (exact) mass is 419 g/mol. The summed E-state index contributed by atoms with van der Waals surface area (Å²) in [5, 5.41) is 4.90. The Morgan fingerprint density at radius 2 is 1.87 bits per heavy atom. The van der Waals surface area contributed by atoms with Crippen molar-refractivity contribution in [3.8, 4) is 5.75 Å². The Morgan fingerprint density at radius 3 is 2.60 bits per heavy atom. The van der Waals surface area contributed by atoms with Crippen LogP contribution in [0.25, 0.3) is 0 Å². The minimum atomic E-state index is -0.704. The van der Waals surface area contributed by atoms with Gasteiger partial charge in [-0.2, -0.15) is 0 Å². The molecule has 7 heteroatoms. The summed E-state index contributed by atoms with van der Waals surface area (Å²) < 4.78 is 5.91. The van der Waals surface area contributed by atoms with Crippen molar-refractivity contribution in [1.82, 2.24) is 15.6 Å². The lowest BCUT2D eigenvalue weighted by Crippen LogP contribution is -2.22. The molecule has 6 nitrogen and oxygen atoms in total. The maximum atomic E-state index is 12.0. The number of rotatable bonds is 7. The van der Waals surface area contributed by atoms with Gasteiger partial charge < -0.3 is 10.1 Å². The van der Waals surface area contributed by atoms with E-state index in [9.17, 15) is 9.59 Å². The van der Waals surface area contributed by atoms with E-state index < -0.39 is 12.1 Å². The lowest BCUT2D eigenvalue weighted by atomic mass is 10.1. The smallest absolute Gasteiger partial charge is 0.322 e. The van der Waals surface area contributed by atoms with Gasteiger partial charge in [-0.25, -0.2) is 4.79 Å². The minimum Gasteiger partial charge on any atom is -0.489 e. The Hall–Kier alpha value is -3.32. The Bertz CT molecular complexity index is 1070. The number of aromatic nitrogens is 1. The van der Waals surface area contributed by atoms with Gasteiger partial charge in [0.15, 0.2) is 0 Å². The zero-order chi connectivity index (χ0) is 20.9. The molecular weight excluding hydrogens is 398 g/mol. The molecule has 3 amide bonds. The first-order valence-electron chi connectivity index (χ1n) is 9.66. The molecule has 1 atom stereocenters. The zero-order valence-electron chi connectivity index (χ0n) is 16.4. The number of carbonyl (C=O) groups is 2.